The molecule has 0 saturated heterocycles. The van der Waals surface area contributed by atoms with E-state index in [9.17, 15) is 4.79 Å². The van der Waals surface area contributed by atoms with Crippen molar-refractivity contribution < 1.29 is 4.79 Å². The highest BCUT2D eigenvalue weighted by molar-refractivity contribution is 5.76. The molecule has 0 aromatic rings. The molecule has 0 unspecified atom stereocenters. The largest absolute Gasteiger partial charge is 0.346 e. The van der Waals surface area contributed by atoms with E-state index in [1.54, 1.807) is 0 Å². The summed E-state index contributed by atoms with van der Waals surface area (Å²) in [5.74, 6) is 1.03. The Labute approximate surface area is 81.3 Å². The van der Waals surface area contributed by atoms with Crippen LogP contribution in [0, 0.1) is 5.92 Å². The second-order valence-corrected chi connectivity index (χ2v) is 4.17. The van der Waals surface area contributed by atoms with Gasteiger partial charge in [-0.25, -0.2) is 0 Å². The zero-order chi connectivity index (χ0) is 9.68. The first-order chi connectivity index (χ1) is 6.24. The predicted molar refractivity (Wildman–Crippen MR) is 54.5 cm³/mol. The summed E-state index contributed by atoms with van der Waals surface area (Å²) < 4.78 is 0. The minimum atomic E-state index is 0.341. The van der Waals surface area contributed by atoms with Gasteiger partial charge in [-0.2, -0.15) is 0 Å². The van der Waals surface area contributed by atoms with E-state index in [0.29, 0.717) is 11.8 Å². The Morgan fingerprint density at radius 2 is 2.00 bits per heavy atom. The quantitative estimate of drug-likeness (QED) is 0.655. The van der Waals surface area contributed by atoms with E-state index in [0.717, 1.165) is 19.4 Å². The SMILES string of the molecule is CCCN(C)C(=O)CC1CCCC1. The first kappa shape index (κ1) is 10.6. The Kier molecular flexibility index (Phi) is 4.26. The van der Waals surface area contributed by atoms with Crippen molar-refractivity contribution in [1.29, 1.82) is 0 Å². The molecule has 0 aromatic heterocycles. The van der Waals surface area contributed by atoms with Crippen molar-refractivity contribution in [3.8, 4) is 0 Å². The van der Waals surface area contributed by atoms with Gasteiger partial charge in [0.15, 0.2) is 0 Å². The van der Waals surface area contributed by atoms with Crippen LogP contribution < -0.4 is 0 Å². The van der Waals surface area contributed by atoms with Gasteiger partial charge in [-0.3, -0.25) is 4.79 Å². The summed E-state index contributed by atoms with van der Waals surface area (Å²) in [7, 11) is 1.92. The number of amides is 1. The smallest absolute Gasteiger partial charge is 0.222 e. The monoisotopic (exact) mass is 183 g/mol. The maximum atomic E-state index is 11.6. The highest BCUT2D eigenvalue weighted by Crippen LogP contribution is 2.27. The Hall–Kier alpha value is -0.530. The van der Waals surface area contributed by atoms with Crippen LogP contribution >= 0.6 is 0 Å². The number of nitrogens with zero attached hydrogens (tertiary/aromatic N) is 1. The van der Waals surface area contributed by atoms with E-state index < -0.39 is 0 Å². The molecule has 1 amide bonds. The van der Waals surface area contributed by atoms with Crippen LogP contribution in [0.25, 0.3) is 0 Å². The summed E-state index contributed by atoms with van der Waals surface area (Å²) in [5.41, 5.74) is 0. The maximum Gasteiger partial charge on any atom is 0.222 e. The number of hydrogen-bond donors (Lipinski definition) is 0. The molecule has 0 heterocycles. The van der Waals surface area contributed by atoms with Crippen molar-refractivity contribution in [3.05, 3.63) is 0 Å². The zero-order valence-electron chi connectivity index (χ0n) is 8.88. The first-order valence-corrected chi connectivity index (χ1v) is 5.48. The van der Waals surface area contributed by atoms with E-state index in [1.165, 1.54) is 25.7 Å². The van der Waals surface area contributed by atoms with Crippen molar-refractivity contribution in [1.82, 2.24) is 4.90 Å². The molecule has 0 aliphatic heterocycles. The van der Waals surface area contributed by atoms with Gasteiger partial charge < -0.3 is 4.90 Å². The molecule has 2 heteroatoms. The van der Waals surface area contributed by atoms with Gasteiger partial charge in [0.1, 0.15) is 0 Å². The number of rotatable bonds is 4. The number of hydrogen-bond acceptors (Lipinski definition) is 1. The lowest BCUT2D eigenvalue weighted by molar-refractivity contribution is -0.130. The molecule has 1 aliphatic carbocycles. The Morgan fingerprint density at radius 1 is 1.38 bits per heavy atom. The van der Waals surface area contributed by atoms with Gasteiger partial charge >= 0.3 is 0 Å². The van der Waals surface area contributed by atoms with Gasteiger partial charge in [-0.15, -0.1) is 0 Å². The molecule has 1 fully saturated rings. The van der Waals surface area contributed by atoms with Gasteiger partial charge in [0, 0.05) is 20.0 Å². The molecule has 0 atom stereocenters. The second kappa shape index (κ2) is 5.25. The molecular formula is C11H21NO. The normalized spacial score (nSPS) is 17.7. The number of carbonyl (C=O) groups excluding carboxylic acids is 1. The summed E-state index contributed by atoms with van der Waals surface area (Å²) >= 11 is 0. The van der Waals surface area contributed by atoms with E-state index in [4.69, 9.17) is 0 Å². The lowest BCUT2D eigenvalue weighted by atomic mass is 10.0. The summed E-state index contributed by atoms with van der Waals surface area (Å²) in [6.45, 7) is 3.02. The van der Waals surface area contributed by atoms with E-state index in [2.05, 4.69) is 6.92 Å². The second-order valence-electron chi connectivity index (χ2n) is 4.17. The molecule has 0 N–H and O–H groups in total. The molecule has 0 bridgehead atoms. The molecular weight excluding hydrogens is 162 g/mol. The Morgan fingerprint density at radius 3 is 2.54 bits per heavy atom. The van der Waals surface area contributed by atoms with Crippen molar-refractivity contribution in [3.63, 3.8) is 0 Å². The van der Waals surface area contributed by atoms with Crippen molar-refractivity contribution in [2.75, 3.05) is 13.6 Å². The molecule has 1 saturated carbocycles. The van der Waals surface area contributed by atoms with Gasteiger partial charge in [0.05, 0.1) is 0 Å². The lowest BCUT2D eigenvalue weighted by Gasteiger charge is -2.18. The highest BCUT2D eigenvalue weighted by Gasteiger charge is 2.19. The third-order valence-corrected chi connectivity index (χ3v) is 2.92. The summed E-state index contributed by atoms with van der Waals surface area (Å²) in [5, 5.41) is 0. The predicted octanol–water partition coefficient (Wildman–Crippen LogP) is 2.44. The summed E-state index contributed by atoms with van der Waals surface area (Å²) in [6, 6.07) is 0. The molecule has 0 radical (unpaired) electrons. The third kappa shape index (κ3) is 3.37. The number of carbonyl (C=O) groups is 1. The van der Waals surface area contributed by atoms with E-state index in [1.807, 2.05) is 11.9 Å². The molecule has 2 nitrogen and oxygen atoms in total. The van der Waals surface area contributed by atoms with Crippen molar-refractivity contribution >= 4 is 5.91 Å². The van der Waals surface area contributed by atoms with E-state index >= 15 is 0 Å². The van der Waals surface area contributed by atoms with Crippen LogP contribution in [0.15, 0.2) is 0 Å². The van der Waals surface area contributed by atoms with Crippen LogP contribution in [0.4, 0.5) is 0 Å². The van der Waals surface area contributed by atoms with E-state index in [-0.39, 0.29) is 0 Å². The summed E-state index contributed by atoms with van der Waals surface area (Å²) in [6.07, 6.45) is 7.05. The first-order valence-electron chi connectivity index (χ1n) is 5.48. The highest BCUT2D eigenvalue weighted by atomic mass is 16.2. The third-order valence-electron chi connectivity index (χ3n) is 2.92. The fourth-order valence-corrected chi connectivity index (χ4v) is 2.08. The molecule has 0 spiro atoms. The molecule has 1 rings (SSSR count). The average molecular weight is 183 g/mol. The zero-order valence-corrected chi connectivity index (χ0v) is 8.88. The Bertz CT molecular complexity index is 161. The standard InChI is InChI=1S/C11H21NO/c1-3-8-12(2)11(13)9-10-6-4-5-7-10/h10H,3-9H2,1-2H3. The van der Waals surface area contributed by atoms with Gasteiger partial charge in [0.25, 0.3) is 0 Å². The van der Waals surface area contributed by atoms with Gasteiger partial charge in [-0.05, 0) is 25.2 Å². The van der Waals surface area contributed by atoms with Crippen molar-refractivity contribution in [2.45, 2.75) is 45.4 Å². The van der Waals surface area contributed by atoms with Gasteiger partial charge in [-0.1, -0.05) is 19.8 Å². The minimum Gasteiger partial charge on any atom is -0.346 e. The minimum absolute atomic E-state index is 0.341. The molecule has 76 valence electrons. The lowest BCUT2D eigenvalue weighted by Crippen LogP contribution is -2.28. The van der Waals surface area contributed by atoms with Crippen LogP contribution in [-0.4, -0.2) is 24.4 Å². The fourth-order valence-electron chi connectivity index (χ4n) is 2.08. The topological polar surface area (TPSA) is 20.3 Å². The fraction of sp³-hybridized carbons (Fsp3) is 0.909. The van der Waals surface area contributed by atoms with Gasteiger partial charge in [0.2, 0.25) is 5.91 Å². The van der Waals surface area contributed by atoms with Crippen LogP contribution in [0.1, 0.15) is 45.4 Å². The van der Waals surface area contributed by atoms with Crippen LogP contribution in [0.2, 0.25) is 0 Å². The van der Waals surface area contributed by atoms with Crippen molar-refractivity contribution in [2.24, 2.45) is 5.92 Å². The average Bonchev–Trinajstić information content (AvgIpc) is 2.57. The summed E-state index contributed by atoms with van der Waals surface area (Å²) in [4.78, 5) is 13.5. The molecule has 0 aromatic carbocycles. The van der Waals surface area contributed by atoms with Crippen LogP contribution in [0.3, 0.4) is 0 Å². The maximum absolute atomic E-state index is 11.6. The Balaban J connectivity index is 2.22. The van der Waals surface area contributed by atoms with Crippen LogP contribution in [-0.2, 0) is 4.79 Å². The molecule has 1 aliphatic rings. The molecule has 13 heavy (non-hydrogen) atoms. The van der Waals surface area contributed by atoms with Crippen LogP contribution in [0.5, 0.6) is 0 Å².